The molecule has 1 unspecified atom stereocenters. The van der Waals surface area contributed by atoms with E-state index in [2.05, 4.69) is 20.1 Å². The van der Waals surface area contributed by atoms with Gasteiger partial charge in [-0.15, -0.1) is 0 Å². The lowest BCUT2D eigenvalue weighted by molar-refractivity contribution is 0.155. The van der Waals surface area contributed by atoms with Crippen LogP contribution in [0.3, 0.4) is 0 Å². The van der Waals surface area contributed by atoms with Crippen molar-refractivity contribution >= 4 is 12.2 Å². The van der Waals surface area contributed by atoms with Crippen LogP contribution in [-0.2, 0) is 9.47 Å². The van der Waals surface area contributed by atoms with Crippen LogP contribution in [0.4, 0.5) is 9.59 Å². The maximum atomic E-state index is 10.9. The summed E-state index contributed by atoms with van der Waals surface area (Å²) in [5, 5.41) is 14.0. The molecule has 7 nitrogen and oxygen atoms in total. The van der Waals surface area contributed by atoms with Gasteiger partial charge in [0.1, 0.15) is 0 Å². The van der Waals surface area contributed by atoms with Gasteiger partial charge in [-0.3, -0.25) is 0 Å². The highest BCUT2D eigenvalue weighted by Crippen LogP contribution is 2.00. The number of carbonyl (C=O) groups is 2. The van der Waals surface area contributed by atoms with E-state index in [1.807, 2.05) is 0 Å². The number of hydrogen-bond donors (Lipinski definition) is 3. The number of alkyl carbamates (subject to hydrolysis) is 2. The van der Waals surface area contributed by atoms with Gasteiger partial charge in [-0.05, 0) is 19.3 Å². The molecule has 2 amide bonds. The third kappa shape index (κ3) is 8.32. The van der Waals surface area contributed by atoms with Crippen LogP contribution in [0.15, 0.2) is 0 Å². The standard InChI is InChI=1S/C10H20N2O5/c1-16-9(14)11-6-4-3-5-8(7-13)12-10(15)17-2/h8,13H,3-7H2,1-2H3,(H,11,14)(H,12,15). The summed E-state index contributed by atoms with van der Waals surface area (Å²) >= 11 is 0. The Labute approximate surface area is 100 Å². The smallest absolute Gasteiger partial charge is 0.407 e. The molecule has 0 aliphatic carbocycles. The normalized spacial score (nSPS) is 11.5. The molecule has 17 heavy (non-hydrogen) atoms. The molecule has 0 aromatic heterocycles. The first-order valence-electron chi connectivity index (χ1n) is 5.41. The molecule has 100 valence electrons. The molecule has 0 bridgehead atoms. The highest BCUT2D eigenvalue weighted by atomic mass is 16.5. The fourth-order valence-corrected chi connectivity index (χ4v) is 1.21. The zero-order valence-corrected chi connectivity index (χ0v) is 10.2. The summed E-state index contributed by atoms with van der Waals surface area (Å²) in [7, 11) is 2.57. The summed E-state index contributed by atoms with van der Waals surface area (Å²) in [4.78, 5) is 21.6. The molecule has 0 saturated heterocycles. The van der Waals surface area contributed by atoms with Crippen molar-refractivity contribution in [3.8, 4) is 0 Å². The molecule has 3 N–H and O–H groups in total. The lowest BCUT2D eigenvalue weighted by Crippen LogP contribution is -2.37. The summed E-state index contributed by atoms with van der Waals surface area (Å²) in [6, 6.07) is -0.319. The molecule has 0 aliphatic rings. The Morgan fingerprint density at radius 3 is 2.35 bits per heavy atom. The Kier molecular flexibility index (Phi) is 8.85. The average Bonchev–Trinajstić information content (AvgIpc) is 2.36. The van der Waals surface area contributed by atoms with Crippen molar-refractivity contribution in [2.45, 2.75) is 25.3 Å². The third-order valence-corrected chi connectivity index (χ3v) is 2.16. The molecule has 7 heteroatoms. The Morgan fingerprint density at radius 2 is 1.82 bits per heavy atom. The molecule has 1 atom stereocenters. The van der Waals surface area contributed by atoms with Gasteiger partial charge in [-0.25, -0.2) is 9.59 Å². The van der Waals surface area contributed by atoms with Gasteiger partial charge in [0.15, 0.2) is 0 Å². The summed E-state index contributed by atoms with van der Waals surface area (Å²) in [6.45, 7) is 0.364. The number of unbranched alkanes of at least 4 members (excludes halogenated alkanes) is 1. The molecular formula is C10H20N2O5. The molecule has 0 radical (unpaired) electrons. The number of aliphatic hydroxyl groups excluding tert-OH is 1. The van der Waals surface area contributed by atoms with Gasteiger partial charge in [-0.2, -0.15) is 0 Å². The molecular weight excluding hydrogens is 228 g/mol. The van der Waals surface area contributed by atoms with Crippen molar-refractivity contribution in [1.82, 2.24) is 10.6 Å². The average molecular weight is 248 g/mol. The van der Waals surface area contributed by atoms with Crippen molar-refractivity contribution in [3.63, 3.8) is 0 Å². The van der Waals surface area contributed by atoms with Crippen LogP contribution in [0.1, 0.15) is 19.3 Å². The monoisotopic (exact) mass is 248 g/mol. The van der Waals surface area contributed by atoms with Gasteiger partial charge in [0.2, 0.25) is 0 Å². The zero-order chi connectivity index (χ0) is 13.1. The van der Waals surface area contributed by atoms with Crippen molar-refractivity contribution in [2.24, 2.45) is 0 Å². The number of rotatable bonds is 7. The molecule has 0 aromatic carbocycles. The number of carbonyl (C=O) groups excluding carboxylic acids is 2. The minimum Gasteiger partial charge on any atom is -0.453 e. The number of methoxy groups -OCH3 is 2. The minimum absolute atomic E-state index is 0.139. The third-order valence-electron chi connectivity index (χ3n) is 2.16. The maximum Gasteiger partial charge on any atom is 0.407 e. The lowest BCUT2D eigenvalue weighted by Gasteiger charge is -2.14. The van der Waals surface area contributed by atoms with Gasteiger partial charge >= 0.3 is 12.2 Å². The highest BCUT2D eigenvalue weighted by molar-refractivity contribution is 5.67. The van der Waals surface area contributed by atoms with Crippen molar-refractivity contribution in [3.05, 3.63) is 0 Å². The van der Waals surface area contributed by atoms with E-state index in [1.165, 1.54) is 14.2 Å². The van der Waals surface area contributed by atoms with Crippen LogP contribution >= 0.6 is 0 Å². The highest BCUT2D eigenvalue weighted by Gasteiger charge is 2.10. The van der Waals surface area contributed by atoms with E-state index in [0.717, 1.165) is 12.8 Å². The second-order valence-corrected chi connectivity index (χ2v) is 3.43. The van der Waals surface area contributed by atoms with E-state index >= 15 is 0 Å². The zero-order valence-electron chi connectivity index (χ0n) is 10.2. The van der Waals surface area contributed by atoms with Crippen LogP contribution in [0.25, 0.3) is 0 Å². The quantitative estimate of drug-likeness (QED) is 0.560. The van der Waals surface area contributed by atoms with Gasteiger partial charge in [0, 0.05) is 6.54 Å². The van der Waals surface area contributed by atoms with Gasteiger partial charge < -0.3 is 25.2 Å². The predicted octanol–water partition coefficient (Wildman–Crippen LogP) is 0.230. The fraction of sp³-hybridized carbons (Fsp3) is 0.800. The van der Waals surface area contributed by atoms with Gasteiger partial charge in [0.05, 0.1) is 26.9 Å². The second-order valence-electron chi connectivity index (χ2n) is 3.43. The summed E-state index contributed by atoms with van der Waals surface area (Å²) in [6.07, 6.45) is 1.11. The second kappa shape index (κ2) is 9.71. The van der Waals surface area contributed by atoms with E-state index in [1.54, 1.807) is 0 Å². The van der Waals surface area contributed by atoms with Crippen molar-refractivity contribution in [1.29, 1.82) is 0 Å². The topological polar surface area (TPSA) is 96.9 Å². The molecule has 0 spiro atoms. The Morgan fingerprint density at radius 1 is 1.18 bits per heavy atom. The van der Waals surface area contributed by atoms with Crippen LogP contribution < -0.4 is 10.6 Å². The number of hydrogen-bond acceptors (Lipinski definition) is 5. The molecule has 0 heterocycles. The number of ether oxygens (including phenoxy) is 2. The summed E-state index contributed by atoms with van der Waals surface area (Å²) in [5.41, 5.74) is 0. The fourth-order valence-electron chi connectivity index (χ4n) is 1.21. The predicted molar refractivity (Wildman–Crippen MR) is 60.7 cm³/mol. The Balaban J connectivity index is 3.56. The molecule has 0 aromatic rings. The van der Waals surface area contributed by atoms with Crippen LogP contribution in [-0.4, -0.2) is 50.7 Å². The van der Waals surface area contributed by atoms with E-state index in [4.69, 9.17) is 5.11 Å². The summed E-state index contributed by atoms with van der Waals surface area (Å²) in [5.74, 6) is 0. The minimum atomic E-state index is -0.559. The van der Waals surface area contributed by atoms with Gasteiger partial charge in [-0.1, -0.05) is 0 Å². The maximum absolute atomic E-state index is 10.9. The van der Waals surface area contributed by atoms with E-state index in [0.29, 0.717) is 13.0 Å². The van der Waals surface area contributed by atoms with Crippen molar-refractivity contribution in [2.75, 3.05) is 27.4 Å². The number of nitrogens with one attached hydrogen (secondary N) is 2. The van der Waals surface area contributed by atoms with Crippen LogP contribution in [0.2, 0.25) is 0 Å². The Hall–Kier alpha value is -1.50. The first kappa shape index (κ1) is 15.5. The molecule has 0 fully saturated rings. The largest absolute Gasteiger partial charge is 0.453 e. The van der Waals surface area contributed by atoms with Gasteiger partial charge in [0.25, 0.3) is 0 Å². The van der Waals surface area contributed by atoms with Crippen LogP contribution in [0.5, 0.6) is 0 Å². The first-order valence-corrected chi connectivity index (χ1v) is 5.41. The molecule has 0 saturated carbocycles. The first-order chi connectivity index (χ1) is 8.13. The van der Waals surface area contributed by atoms with E-state index in [9.17, 15) is 9.59 Å². The molecule has 0 rings (SSSR count). The lowest BCUT2D eigenvalue weighted by atomic mass is 10.1. The Bertz CT molecular complexity index is 235. The number of aliphatic hydroxyl groups is 1. The van der Waals surface area contributed by atoms with Crippen LogP contribution in [0, 0.1) is 0 Å². The summed E-state index contributed by atoms with van der Waals surface area (Å²) < 4.78 is 8.82. The van der Waals surface area contributed by atoms with Crippen molar-refractivity contribution < 1.29 is 24.2 Å². The number of amides is 2. The molecule has 0 aliphatic heterocycles. The van der Waals surface area contributed by atoms with E-state index in [-0.39, 0.29) is 12.6 Å². The van der Waals surface area contributed by atoms with E-state index < -0.39 is 12.2 Å². The SMILES string of the molecule is COC(=O)NCCCCC(CO)NC(=O)OC.